The highest BCUT2D eigenvalue weighted by molar-refractivity contribution is 7.98. The van der Waals surface area contributed by atoms with Crippen LogP contribution >= 0.6 is 24.0 Å². The van der Waals surface area contributed by atoms with Crippen molar-refractivity contribution in [3.05, 3.63) is 18.0 Å². The van der Waals surface area contributed by atoms with Crippen LogP contribution in [0.25, 0.3) is 0 Å². The number of rotatable bonds is 6. The summed E-state index contributed by atoms with van der Waals surface area (Å²) in [6.45, 7) is 7.38. The summed E-state index contributed by atoms with van der Waals surface area (Å²) < 4.78 is 5.16. The van der Waals surface area contributed by atoms with E-state index in [4.69, 9.17) is 22.2 Å². The fourth-order valence-corrected chi connectivity index (χ4v) is 3.80. The molecule has 0 N–H and O–H groups in total. The summed E-state index contributed by atoms with van der Waals surface area (Å²) >= 11 is 6.90. The number of hydrogen-bond acceptors (Lipinski definition) is 7. The Kier molecular flexibility index (Phi) is 6.44. The number of carbonyl (C=O) groups excluding carboxylic acids is 2. The highest BCUT2D eigenvalue weighted by Crippen LogP contribution is 2.34. The number of ether oxygens (including phenoxy) is 1. The molecule has 9 heteroatoms. The Morgan fingerprint density at radius 2 is 2.15 bits per heavy atom. The average Bonchev–Trinajstić information content (AvgIpc) is 2.77. The number of nitriles is 1. The predicted octanol–water partition coefficient (Wildman–Crippen LogP) is 2.73. The third-order valence-electron chi connectivity index (χ3n) is 4.15. The molecule has 144 valence electrons. The molecule has 1 aromatic heterocycles. The van der Waals surface area contributed by atoms with Crippen LogP contribution in [-0.4, -0.2) is 51.3 Å². The standard InChI is InChI=1S/C18H22N4O3S2/c1-11(2)25-15(23)6-7-21-17(26)22(16(24)18(21,3)4)12-8-14(27-5)13(9-19)20-10-12/h8,10-11H,6-7H2,1-5H3. The third-order valence-corrected chi connectivity index (χ3v) is 5.31. The number of esters is 1. The molecular formula is C18H22N4O3S2. The van der Waals surface area contributed by atoms with Crippen LogP contribution in [0.4, 0.5) is 5.69 Å². The van der Waals surface area contributed by atoms with E-state index in [1.54, 1.807) is 38.7 Å². The average molecular weight is 407 g/mol. The van der Waals surface area contributed by atoms with Crippen LogP contribution in [0, 0.1) is 11.3 Å². The number of amides is 1. The molecule has 0 saturated carbocycles. The highest BCUT2D eigenvalue weighted by atomic mass is 32.2. The van der Waals surface area contributed by atoms with Gasteiger partial charge in [-0.3, -0.25) is 14.5 Å². The molecule has 2 rings (SSSR count). The van der Waals surface area contributed by atoms with Crippen molar-refractivity contribution in [2.45, 2.75) is 50.7 Å². The number of nitrogens with zero attached hydrogens (tertiary/aromatic N) is 4. The summed E-state index contributed by atoms with van der Waals surface area (Å²) in [5.41, 5.74) is -0.0900. The number of carbonyl (C=O) groups is 2. The summed E-state index contributed by atoms with van der Waals surface area (Å²) in [7, 11) is 0. The molecule has 0 aromatic carbocycles. The van der Waals surface area contributed by atoms with Gasteiger partial charge in [-0.25, -0.2) is 4.98 Å². The Hall–Kier alpha value is -2.18. The van der Waals surface area contributed by atoms with Gasteiger partial charge in [0.1, 0.15) is 11.6 Å². The second-order valence-electron chi connectivity index (χ2n) is 6.78. The third kappa shape index (κ3) is 4.22. The van der Waals surface area contributed by atoms with E-state index in [2.05, 4.69) is 4.98 Å². The van der Waals surface area contributed by atoms with E-state index in [1.165, 1.54) is 22.9 Å². The van der Waals surface area contributed by atoms with E-state index in [0.29, 0.717) is 21.4 Å². The van der Waals surface area contributed by atoms with Gasteiger partial charge in [0.2, 0.25) is 0 Å². The van der Waals surface area contributed by atoms with Gasteiger partial charge in [0.25, 0.3) is 5.91 Å². The number of anilines is 1. The second-order valence-corrected chi connectivity index (χ2v) is 7.99. The lowest BCUT2D eigenvalue weighted by Gasteiger charge is -2.29. The Bertz CT molecular complexity index is 817. The van der Waals surface area contributed by atoms with Crippen LogP contribution in [0.15, 0.2) is 17.2 Å². The molecule has 0 bridgehead atoms. The molecule has 1 fully saturated rings. The number of aromatic nitrogens is 1. The van der Waals surface area contributed by atoms with E-state index in [9.17, 15) is 9.59 Å². The molecule has 2 heterocycles. The number of hydrogen-bond donors (Lipinski definition) is 0. The SMILES string of the molecule is CSc1cc(N2C(=O)C(C)(C)N(CCC(=O)OC(C)C)C2=S)cnc1C#N. The summed E-state index contributed by atoms with van der Waals surface area (Å²) in [6.07, 6.45) is 3.24. The minimum atomic E-state index is -0.900. The smallest absolute Gasteiger partial charge is 0.307 e. The fourth-order valence-electron chi connectivity index (χ4n) is 2.76. The monoisotopic (exact) mass is 406 g/mol. The number of thiocarbonyl (C=S) groups is 1. The Labute approximate surface area is 168 Å². The van der Waals surface area contributed by atoms with Crippen molar-refractivity contribution in [1.29, 1.82) is 5.26 Å². The summed E-state index contributed by atoms with van der Waals surface area (Å²) in [5.74, 6) is -0.539. The lowest BCUT2D eigenvalue weighted by molar-refractivity contribution is -0.147. The van der Waals surface area contributed by atoms with Gasteiger partial charge >= 0.3 is 5.97 Å². The molecule has 1 aromatic rings. The number of pyridine rings is 1. The lowest BCUT2D eigenvalue weighted by Crippen LogP contribution is -2.45. The van der Waals surface area contributed by atoms with Gasteiger partial charge in [-0.05, 0) is 52.2 Å². The van der Waals surface area contributed by atoms with Crippen molar-refractivity contribution >= 4 is 46.7 Å². The Morgan fingerprint density at radius 1 is 1.48 bits per heavy atom. The zero-order valence-electron chi connectivity index (χ0n) is 16.0. The van der Waals surface area contributed by atoms with Crippen molar-refractivity contribution in [1.82, 2.24) is 9.88 Å². The van der Waals surface area contributed by atoms with E-state index < -0.39 is 5.54 Å². The molecule has 0 spiro atoms. The molecule has 0 atom stereocenters. The van der Waals surface area contributed by atoms with Gasteiger partial charge in [-0.2, -0.15) is 5.26 Å². The topological polar surface area (TPSA) is 86.5 Å². The first-order valence-electron chi connectivity index (χ1n) is 8.43. The van der Waals surface area contributed by atoms with Crippen molar-refractivity contribution in [3.8, 4) is 6.07 Å². The fraction of sp³-hybridized carbons (Fsp3) is 0.500. The summed E-state index contributed by atoms with van der Waals surface area (Å²) in [6, 6.07) is 3.76. The maximum absolute atomic E-state index is 13.0. The van der Waals surface area contributed by atoms with Gasteiger partial charge in [-0.15, -0.1) is 11.8 Å². The van der Waals surface area contributed by atoms with Crippen LogP contribution in [0.1, 0.15) is 39.8 Å². The van der Waals surface area contributed by atoms with Gasteiger partial charge in [0.15, 0.2) is 10.8 Å². The van der Waals surface area contributed by atoms with Gasteiger partial charge in [0, 0.05) is 11.4 Å². The normalized spacial score (nSPS) is 16.0. The molecule has 7 nitrogen and oxygen atoms in total. The molecule has 0 aliphatic carbocycles. The van der Waals surface area contributed by atoms with Crippen molar-refractivity contribution in [2.24, 2.45) is 0 Å². The first-order chi connectivity index (χ1) is 12.6. The Balaban J connectivity index is 2.28. The molecule has 1 aliphatic heterocycles. The van der Waals surface area contributed by atoms with Crippen molar-refractivity contribution in [2.75, 3.05) is 17.7 Å². The zero-order valence-corrected chi connectivity index (χ0v) is 17.6. The van der Waals surface area contributed by atoms with Crippen molar-refractivity contribution in [3.63, 3.8) is 0 Å². The minimum Gasteiger partial charge on any atom is -0.463 e. The van der Waals surface area contributed by atoms with E-state index in [-0.39, 0.29) is 30.9 Å². The van der Waals surface area contributed by atoms with Crippen LogP contribution in [0.3, 0.4) is 0 Å². The lowest BCUT2D eigenvalue weighted by atomic mass is 10.0. The molecule has 1 saturated heterocycles. The molecule has 1 aliphatic rings. The molecular weight excluding hydrogens is 384 g/mol. The van der Waals surface area contributed by atoms with Crippen LogP contribution in [0.2, 0.25) is 0 Å². The van der Waals surface area contributed by atoms with Gasteiger partial charge in [-0.1, -0.05) is 0 Å². The van der Waals surface area contributed by atoms with Gasteiger partial charge < -0.3 is 9.64 Å². The van der Waals surface area contributed by atoms with Crippen LogP contribution < -0.4 is 4.90 Å². The first kappa shape index (κ1) is 21.1. The van der Waals surface area contributed by atoms with E-state index in [1.807, 2.05) is 12.3 Å². The summed E-state index contributed by atoms with van der Waals surface area (Å²) in [5, 5.41) is 9.44. The maximum Gasteiger partial charge on any atom is 0.307 e. The second kappa shape index (κ2) is 8.23. The van der Waals surface area contributed by atoms with Crippen LogP contribution in [-0.2, 0) is 14.3 Å². The maximum atomic E-state index is 13.0. The summed E-state index contributed by atoms with van der Waals surface area (Å²) in [4.78, 5) is 32.8. The minimum absolute atomic E-state index is 0.130. The first-order valence-corrected chi connectivity index (χ1v) is 10.1. The molecule has 0 radical (unpaired) electrons. The molecule has 27 heavy (non-hydrogen) atoms. The quantitative estimate of drug-likeness (QED) is 0.405. The van der Waals surface area contributed by atoms with E-state index >= 15 is 0 Å². The largest absolute Gasteiger partial charge is 0.463 e. The molecule has 0 unspecified atom stereocenters. The van der Waals surface area contributed by atoms with Crippen LogP contribution in [0.5, 0.6) is 0 Å². The Morgan fingerprint density at radius 3 is 2.70 bits per heavy atom. The zero-order chi connectivity index (χ0) is 20.4. The molecule has 1 amide bonds. The van der Waals surface area contributed by atoms with Gasteiger partial charge in [0.05, 0.1) is 24.4 Å². The number of thioether (sulfide) groups is 1. The van der Waals surface area contributed by atoms with Crippen molar-refractivity contribution < 1.29 is 14.3 Å². The van der Waals surface area contributed by atoms with E-state index in [0.717, 1.165) is 0 Å². The highest BCUT2D eigenvalue weighted by Gasteiger charge is 2.49. The predicted molar refractivity (Wildman–Crippen MR) is 107 cm³/mol.